The first-order chi connectivity index (χ1) is 15.8. The van der Waals surface area contributed by atoms with Crippen LogP contribution in [-0.2, 0) is 9.47 Å². The van der Waals surface area contributed by atoms with E-state index in [-0.39, 0.29) is 10.2 Å². The van der Waals surface area contributed by atoms with Crippen LogP contribution in [0.1, 0.15) is 78.6 Å². The number of halogens is 1. The van der Waals surface area contributed by atoms with Crippen molar-refractivity contribution >= 4 is 43.0 Å². The molecule has 7 unspecified atom stereocenters. The van der Waals surface area contributed by atoms with Gasteiger partial charge < -0.3 is 9.47 Å². The molecule has 0 heterocycles. The number of fused-ring (bicyclic) bond motifs is 5. The molecule has 0 radical (unpaired) electrons. The molecule has 0 bridgehead atoms. The first kappa shape index (κ1) is 27.1. The van der Waals surface area contributed by atoms with Gasteiger partial charge >= 0.3 is 0 Å². The summed E-state index contributed by atoms with van der Waals surface area (Å²) in [6.45, 7) is 9.88. The molecule has 0 aromatic heterocycles. The van der Waals surface area contributed by atoms with Crippen molar-refractivity contribution in [2.45, 2.75) is 89.4 Å². The zero-order valence-electron chi connectivity index (χ0n) is 21.2. The van der Waals surface area contributed by atoms with Gasteiger partial charge in [0.1, 0.15) is 0 Å². The zero-order chi connectivity index (χ0) is 23.6. The molecule has 8 atom stereocenters. The van der Waals surface area contributed by atoms with Crippen molar-refractivity contribution in [2.24, 2.45) is 40.9 Å². The maximum absolute atomic E-state index is 6.44. The molecule has 0 saturated heterocycles. The summed E-state index contributed by atoms with van der Waals surface area (Å²) in [5, 5.41) is 0. The molecule has 0 aromatic rings. The van der Waals surface area contributed by atoms with Crippen LogP contribution in [0, 0.1) is 40.9 Å². The SMILES string of the molecule is COCC1C(OCCNSI)CC[C@]2(C)C3=CCC4CC(CC(C)C)CCC4(S)C3CCC12. The quantitative estimate of drug-likeness (QED) is 0.0934. The summed E-state index contributed by atoms with van der Waals surface area (Å²) in [6.07, 6.45) is 14.8. The molecule has 4 aliphatic carbocycles. The van der Waals surface area contributed by atoms with E-state index in [1.807, 2.05) is 7.11 Å². The van der Waals surface area contributed by atoms with Crippen molar-refractivity contribution in [2.75, 3.05) is 26.9 Å². The van der Waals surface area contributed by atoms with E-state index in [2.05, 4.69) is 52.8 Å². The Morgan fingerprint density at radius 3 is 2.79 bits per heavy atom. The van der Waals surface area contributed by atoms with E-state index < -0.39 is 0 Å². The fraction of sp³-hybridized carbons (Fsp3) is 0.926. The minimum atomic E-state index is 0.221. The van der Waals surface area contributed by atoms with Crippen LogP contribution < -0.4 is 4.72 Å². The van der Waals surface area contributed by atoms with Gasteiger partial charge in [-0.15, -0.1) is 0 Å². The van der Waals surface area contributed by atoms with Gasteiger partial charge in [0.25, 0.3) is 0 Å². The summed E-state index contributed by atoms with van der Waals surface area (Å²) in [6, 6.07) is 0. The molecule has 33 heavy (non-hydrogen) atoms. The molecular weight excluding hydrogens is 561 g/mol. The van der Waals surface area contributed by atoms with Crippen LogP contribution in [0.25, 0.3) is 0 Å². The average molecular weight is 608 g/mol. The van der Waals surface area contributed by atoms with Crippen LogP contribution in [0.5, 0.6) is 0 Å². The summed E-state index contributed by atoms with van der Waals surface area (Å²) >= 11 is 7.85. The summed E-state index contributed by atoms with van der Waals surface area (Å²) in [5.74, 6) is 4.33. The summed E-state index contributed by atoms with van der Waals surface area (Å²) in [7, 11) is 3.51. The number of methoxy groups -OCH3 is 1. The standard InChI is InChI=1S/C27H46INO2S2/c1-18(2)15-19-9-12-27(32)20(16-19)5-6-23-24(27)8-7-22-21(17-30-4)25(10-11-26(22,23)3)31-14-13-29-33-28/h6,18-22,24-25,29,32H,5,7-17H2,1-4H3/t19?,20?,21?,22?,24?,25?,26-,27?/m0/s1. The van der Waals surface area contributed by atoms with Gasteiger partial charge in [0.15, 0.2) is 0 Å². The lowest BCUT2D eigenvalue weighted by molar-refractivity contribution is -0.106. The number of hydrogen-bond acceptors (Lipinski definition) is 5. The van der Waals surface area contributed by atoms with Crippen LogP contribution in [-0.4, -0.2) is 37.7 Å². The van der Waals surface area contributed by atoms with Crippen LogP contribution in [0.4, 0.5) is 0 Å². The van der Waals surface area contributed by atoms with Gasteiger partial charge in [-0.25, -0.2) is 0 Å². The largest absolute Gasteiger partial charge is 0.384 e. The lowest BCUT2D eigenvalue weighted by Gasteiger charge is -2.61. The van der Waals surface area contributed by atoms with Gasteiger partial charge in [-0.05, 0) is 102 Å². The number of hydrogen-bond donors (Lipinski definition) is 2. The van der Waals surface area contributed by atoms with Crippen LogP contribution >= 0.6 is 43.0 Å². The summed E-state index contributed by atoms with van der Waals surface area (Å²) in [5.41, 5.74) is 2.06. The van der Waals surface area contributed by atoms with Crippen LogP contribution in [0.15, 0.2) is 11.6 Å². The molecule has 3 saturated carbocycles. The molecule has 190 valence electrons. The highest BCUT2D eigenvalue weighted by Crippen LogP contribution is 2.65. The molecule has 4 aliphatic rings. The third-order valence-corrected chi connectivity index (χ3v) is 12.0. The molecule has 3 fully saturated rings. The molecule has 4 rings (SSSR count). The Hall–Kier alpha value is 1.05. The fourth-order valence-corrected chi connectivity index (χ4v) is 9.87. The minimum absolute atomic E-state index is 0.221. The number of thiol groups is 1. The lowest BCUT2D eigenvalue weighted by atomic mass is 9.47. The normalized spacial score (nSPS) is 42.9. The van der Waals surface area contributed by atoms with E-state index >= 15 is 0 Å². The third kappa shape index (κ3) is 5.51. The molecule has 0 amide bonds. The highest BCUT2D eigenvalue weighted by molar-refractivity contribution is 14.2. The second kappa shape index (κ2) is 11.6. The van der Waals surface area contributed by atoms with Crippen molar-refractivity contribution in [3.05, 3.63) is 11.6 Å². The zero-order valence-corrected chi connectivity index (χ0v) is 25.0. The second-order valence-electron chi connectivity index (χ2n) is 12.0. The first-order valence-corrected chi connectivity index (χ1v) is 17.2. The first-order valence-electron chi connectivity index (χ1n) is 13.4. The molecule has 0 spiro atoms. The highest BCUT2D eigenvalue weighted by Gasteiger charge is 2.58. The van der Waals surface area contributed by atoms with E-state index in [9.17, 15) is 0 Å². The van der Waals surface area contributed by atoms with Crippen molar-refractivity contribution in [3.63, 3.8) is 0 Å². The predicted octanol–water partition coefficient (Wildman–Crippen LogP) is 7.51. The Kier molecular flexibility index (Phi) is 9.54. The molecule has 0 aromatic carbocycles. The smallest absolute Gasteiger partial charge is 0.0629 e. The molecular formula is C27H46INO2S2. The Balaban J connectivity index is 1.51. The van der Waals surface area contributed by atoms with Crippen LogP contribution in [0.2, 0.25) is 0 Å². The van der Waals surface area contributed by atoms with Crippen molar-refractivity contribution in [1.29, 1.82) is 0 Å². The van der Waals surface area contributed by atoms with Gasteiger partial charge in [-0.2, -0.15) is 12.6 Å². The van der Waals surface area contributed by atoms with Crippen molar-refractivity contribution in [1.82, 2.24) is 4.72 Å². The van der Waals surface area contributed by atoms with Gasteiger partial charge in [0.05, 0.1) is 19.3 Å². The van der Waals surface area contributed by atoms with E-state index in [4.69, 9.17) is 22.1 Å². The Morgan fingerprint density at radius 1 is 1.24 bits per heavy atom. The maximum atomic E-state index is 6.44. The third-order valence-electron chi connectivity index (χ3n) is 9.82. The monoisotopic (exact) mass is 607 g/mol. The van der Waals surface area contributed by atoms with Gasteiger partial charge in [-0.3, -0.25) is 4.72 Å². The number of allylic oxidation sites excluding steroid dienone is 2. The topological polar surface area (TPSA) is 30.5 Å². The van der Waals surface area contributed by atoms with E-state index in [0.717, 1.165) is 43.9 Å². The molecule has 0 aliphatic heterocycles. The fourth-order valence-electron chi connectivity index (χ4n) is 8.44. The van der Waals surface area contributed by atoms with E-state index in [1.54, 1.807) is 14.7 Å². The van der Waals surface area contributed by atoms with Crippen LogP contribution in [0.3, 0.4) is 0 Å². The van der Waals surface area contributed by atoms with E-state index in [0.29, 0.717) is 23.9 Å². The van der Waals surface area contributed by atoms with Gasteiger partial charge in [-0.1, -0.05) is 32.4 Å². The maximum Gasteiger partial charge on any atom is 0.0629 e. The number of nitrogens with one attached hydrogen (secondary N) is 1. The van der Waals surface area contributed by atoms with Gasteiger partial charge in [0, 0.05) is 45.5 Å². The average Bonchev–Trinajstić information content (AvgIpc) is 2.78. The Bertz CT molecular complexity index is 691. The summed E-state index contributed by atoms with van der Waals surface area (Å²) in [4.78, 5) is 0. The lowest BCUT2D eigenvalue weighted by Crippen LogP contribution is -2.57. The molecule has 6 heteroatoms. The second-order valence-corrected chi connectivity index (χ2v) is 14.6. The Morgan fingerprint density at radius 2 is 2.06 bits per heavy atom. The summed E-state index contributed by atoms with van der Waals surface area (Å²) < 4.78 is 15.7. The number of rotatable bonds is 9. The molecule has 3 nitrogen and oxygen atoms in total. The predicted molar refractivity (Wildman–Crippen MR) is 153 cm³/mol. The van der Waals surface area contributed by atoms with Crippen molar-refractivity contribution in [3.8, 4) is 0 Å². The highest BCUT2D eigenvalue weighted by atomic mass is 127. The van der Waals surface area contributed by atoms with E-state index in [1.165, 1.54) is 51.4 Å². The van der Waals surface area contributed by atoms with Crippen molar-refractivity contribution < 1.29 is 9.47 Å². The number of ether oxygens (including phenoxy) is 2. The Labute approximate surface area is 224 Å². The van der Waals surface area contributed by atoms with Gasteiger partial charge in [0.2, 0.25) is 0 Å². The minimum Gasteiger partial charge on any atom is -0.384 e. The molecule has 1 N–H and O–H groups in total.